The maximum atomic E-state index is 13.1. The molecule has 0 N–H and O–H groups in total. The fraction of sp³-hybridized carbons (Fsp3) is 1.00. The highest BCUT2D eigenvalue weighted by atomic mass is 16.5. The Hall–Kier alpha value is -0.0800. The van der Waals surface area contributed by atoms with Crippen LogP contribution in [-0.2, 0) is 0 Å². The second-order valence-electron chi connectivity index (χ2n) is 8.44. The smallest absolute Gasteiger partial charge is 0.0830 e. The van der Waals surface area contributed by atoms with Crippen LogP contribution < -0.4 is 0 Å². The van der Waals surface area contributed by atoms with Crippen LogP contribution in [-0.4, -0.2) is 23.8 Å². The van der Waals surface area contributed by atoms with Crippen molar-refractivity contribution in [3.05, 3.63) is 5.21 Å². The van der Waals surface area contributed by atoms with Gasteiger partial charge in [0.2, 0.25) is 0 Å². The average Bonchev–Trinajstić information content (AvgIpc) is 2.59. The number of unbranched alkanes of at least 4 members (excludes halogenated alkanes) is 14. The number of hydrogen-bond acceptors (Lipinski definition) is 1. The summed E-state index contributed by atoms with van der Waals surface area (Å²) >= 11 is 0. The van der Waals surface area contributed by atoms with Crippen molar-refractivity contribution in [1.82, 2.24) is 0 Å². The monoisotopic (exact) mass is 355 g/mol. The number of nitrogens with zero attached hydrogens (tertiary/aromatic N) is 1. The first-order chi connectivity index (χ1) is 12.1. The van der Waals surface area contributed by atoms with Crippen LogP contribution in [0, 0.1) is 5.21 Å². The largest absolute Gasteiger partial charge is 0.633 e. The topological polar surface area (TPSA) is 23.1 Å². The second-order valence-corrected chi connectivity index (χ2v) is 8.44. The summed E-state index contributed by atoms with van der Waals surface area (Å²) < 4.78 is 0.0473. The Labute approximate surface area is 159 Å². The van der Waals surface area contributed by atoms with Crippen molar-refractivity contribution >= 4 is 0 Å². The maximum Gasteiger partial charge on any atom is 0.0830 e. The predicted octanol–water partition coefficient (Wildman–Crippen LogP) is 7.99. The fourth-order valence-electron chi connectivity index (χ4n) is 3.65. The summed E-state index contributed by atoms with van der Waals surface area (Å²) in [4.78, 5) is 0. The zero-order chi connectivity index (χ0) is 18.8. The number of hydrogen-bond donors (Lipinski definition) is 0. The molecule has 2 nitrogen and oxygen atoms in total. The van der Waals surface area contributed by atoms with Gasteiger partial charge in [0.25, 0.3) is 0 Å². The van der Waals surface area contributed by atoms with Crippen LogP contribution in [0.15, 0.2) is 0 Å². The van der Waals surface area contributed by atoms with E-state index < -0.39 is 0 Å². The highest BCUT2D eigenvalue weighted by Crippen LogP contribution is 2.18. The van der Waals surface area contributed by atoms with Crippen molar-refractivity contribution in [3.8, 4) is 0 Å². The average molecular weight is 356 g/mol. The molecule has 0 spiro atoms. The van der Waals surface area contributed by atoms with Crippen molar-refractivity contribution in [2.45, 2.75) is 136 Å². The molecule has 152 valence electrons. The van der Waals surface area contributed by atoms with Crippen molar-refractivity contribution in [2.24, 2.45) is 0 Å². The molecule has 0 saturated carbocycles. The Balaban J connectivity index is 3.71. The van der Waals surface area contributed by atoms with E-state index in [1.165, 1.54) is 89.9 Å². The summed E-state index contributed by atoms with van der Waals surface area (Å²) in [6.45, 7) is 10.4. The van der Waals surface area contributed by atoms with E-state index in [9.17, 15) is 5.21 Å². The molecule has 0 fully saturated rings. The van der Waals surface area contributed by atoms with Gasteiger partial charge in [-0.05, 0) is 39.5 Å². The Kier molecular flexibility index (Phi) is 17.3. The first-order valence-electron chi connectivity index (χ1n) is 11.6. The van der Waals surface area contributed by atoms with Crippen molar-refractivity contribution < 1.29 is 4.65 Å². The molecule has 0 atom stereocenters. The molecule has 0 heterocycles. The molecule has 0 aromatic rings. The summed E-state index contributed by atoms with van der Waals surface area (Å²) in [7, 11) is 0. The van der Waals surface area contributed by atoms with Gasteiger partial charge in [0, 0.05) is 0 Å². The third-order valence-electron chi connectivity index (χ3n) is 5.72. The van der Waals surface area contributed by atoms with Gasteiger partial charge in [-0.1, -0.05) is 90.9 Å². The third kappa shape index (κ3) is 14.7. The second kappa shape index (κ2) is 17.3. The van der Waals surface area contributed by atoms with Crippen molar-refractivity contribution in [3.63, 3.8) is 0 Å². The third-order valence-corrected chi connectivity index (χ3v) is 5.72. The molecule has 0 aliphatic rings. The summed E-state index contributed by atoms with van der Waals surface area (Å²) in [6, 6.07) is 0.217. The van der Waals surface area contributed by atoms with E-state index in [-0.39, 0.29) is 10.7 Å². The lowest BCUT2D eigenvalue weighted by atomic mass is 10.1. The van der Waals surface area contributed by atoms with Crippen LogP contribution in [0.2, 0.25) is 0 Å². The van der Waals surface area contributed by atoms with Crippen molar-refractivity contribution in [1.29, 1.82) is 0 Å². The molecule has 0 amide bonds. The minimum absolute atomic E-state index is 0.0473. The number of hydroxylamine groups is 3. The Morgan fingerprint density at radius 2 is 0.800 bits per heavy atom. The maximum absolute atomic E-state index is 13.1. The van der Waals surface area contributed by atoms with Crippen molar-refractivity contribution in [2.75, 3.05) is 13.1 Å². The van der Waals surface area contributed by atoms with Gasteiger partial charge in [-0.2, -0.15) is 0 Å². The number of quaternary nitrogens is 1. The zero-order valence-electron chi connectivity index (χ0n) is 18.2. The summed E-state index contributed by atoms with van der Waals surface area (Å²) in [5.74, 6) is 0. The molecule has 0 saturated heterocycles. The molecule has 25 heavy (non-hydrogen) atoms. The van der Waals surface area contributed by atoms with E-state index in [1.807, 2.05) is 0 Å². The van der Waals surface area contributed by atoms with Crippen LogP contribution in [0.3, 0.4) is 0 Å². The standard InChI is InChI=1S/C23H49NO/c1-5-7-9-11-13-15-17-19-21-24(25,23(3)4)22-20-18-16-14-12-10-8-6-2/h23H,5-22H2,1-4H3. The van der Waals surface area contributed by atoms with Crippen LogP contribution in [0.5, 0.6) is 0 Å². The van der Waals surface area contributed by atoms with Gasteiger partial charge in [-0.25, -0.2) is 0 Å². The normalized spacial score (nSPS) is 12.2. The minimum Gasteiger partial charge on any atom is -0.633 e. The Bertz CT molecular complexity index is 245. The van der Waals surface area contributed by atoms with E-state index in [2.05, 4.69) is 27.7 Å². The van der Waals surface area contributed by atoms with Gasteiger partial charge in [0.15, 0.2) is 0 Å². The fourth-order valence-corrected chi connectivity index (χ4v) is 3.65. The summed E-state index contributed by atoms with van der Waals surface area (Å²) in [5.41, 5.74) is 0. The van der Waals surface area contributed by atoms with Gasteiger partial charge in [0.1, 0.15) is 0 Å². The minimum atomic E-state index is 0.0473. The van der Waals surface area contributed by atoms with E-state index >= 15 is 0 Å². The SMILES string of the molecule is CCCCCCCCCC[N+]([O-])(CCCCCCCCCC)C(C)C. The lowest BCUT2D eigenvalue weighted by Gasteiger charge is -2.47. The molecule has 0 radical (unpaired) electrons. The first kappa shape index (κ1) is 24.9. The van der Waals surface area contributed by atoms with Crippen LogP contribution in [0.25, 0.3) is 0 Å². The van der Waals surface area contributed by atoms with Gasteiger partial charge in [0.05, 0.1) is 19.1 Å². The van der Waals surface area contributed by atoms with E-state index in [0.717, 1.165) is 25.9 Å². The van der Waals surface area contributed by atoms with Gasteiger partial charge >= 0.3 is 0 Å². The highest BCUT2D eigenvalue weighted by Gasteiger charge is 2.20. The molecule has 0 aliphatic carbocycles. The van der Waals surface area contributed by atoms with Crippen LogP contribution in [0.4, 0.5) is 0 Å². The Morgan fingerprint density at radius 1 is 0.520 bits per heavy atom. The lowest BCUT2D eigenvalue weighted by Crippen LogP contribution is -2.49. The van der Waals surface area contributed by atoms with E-state index in [0.29, 0.717) is 0 Å². The molecule has 0 aliphatic heterocycles. The lowest BCUT2D eigenvalue weighted by molar-refractivity contribution is -0.902. The molecule has 0 aromatic heterocycles. The Morgan fingerprint density at radius 3 is 1.08 bits per heavy atom. The van der Waals surface area contributed by atoms with Gasteiger partial charge in [-0.15, -0.1) is 0 Å². The molecule has 0 bridgehead atoms. The summed E-state index contributed by atoms with van der Waals surface area (Å²) in [5, 5.41) is 13.1. The van der Waals surface area contributed by atoms with E-state index in [4.69, 9.17) is 0 Å². The van der Waals surface area contributed by atoms with Gasteiger partial charge in [-0.3, -0.25) is 0 Å². The molecular weight excluding hydrogens is 306 g/mol. The molecular formula is C23H49NO. The van der Waals surface area contributed by atoms with Crippen LogP contribution >= 0.6 is 0 Å². The first-order valence-corrected chi connectivity index (χ1v) is 11.6. The predicted molar refractivity (Wildman–Crippen MR) is 114 cm³/mol. The quantitative estimate of drug-likeness (QED) is 0.131. The molecule has 0 rings (SSSR count). The highest BCUT2D eigenvalue weighted by molar-refractivity contribution is 4.54. The summed E-state index contributed by atoms with van der Waals surface area (Å²) in [6.07, 6.45) is 21.0. The number of rotatable bonds is 19. The van der Waals surface area contributed by atoms with E-state index in [1.54, 1.807) is 0 Å². The zero-order valence-corrected chi connectivity index (χ0v) is 18.2. The van der Waals surface area contributed by atoms with Gasteiger partial charge < -0.3 is 9.85 Å². The molecule has 0 unspecified atom stereocenters. The molecule has 2 heteroatoms. The molecule has 0 aromatic carbocycles. The van der Waals surface area contributed by atoms with Crippen LogP contribution in [0.1, 0.15) is 130 Å².